The molecule has 1 atom stereocenters. The van der Waals surface area contributed by atoms with Crippen molar-refractivity contribution in [3.63, 3.8) is 0 Å². The number of nitrogens with zero attached hydrogens (tertiary/aromatic N) is 2. The first-order chi connectivity index (χ1) is 12.1. The largest absolute Gasteiger partial charge is 0.481 e. The van der Waals surface area contributed by atoms with Crippen molar-refractivity contribution in [3.05, 3.63) is 44.4 Å². The van der Waals surface area contributed by atoms with Crippen molar-refractivity contribution in [2.45, 2.75) is 40.7 Å². The molecule has 1 heterocycles. The summed E-state index contributed by atoms with van der Waals surface area (Å²) in [6.07, 6.45) is 0. The lowest BCUT2D eigenvalue weighted by Gasteiger charge is -2.25. The number of benzene rings is 1. The van der Waals surface area contributed by atoms with Crippen molar-refractivity contribution in [3.8, 4) is 5.75 Å². The number of aliphatic carboxylic acids is 1. The number of carbonyl (C=O) groups excluding carboxylic acids is 1. The van der Waals surface area contributed by atoms with E-state index in [1.165, 1.54) is 0 Å². The standard InChI is InChI=1S/C19H24N2O4S/c1-10-7-15(8-11(2)17(10)25-9-16(22)23)19(24)21(6)13(4)18-12(3)20-14(5)26-18/h7-8,13H,9H2,1-6H3,(H,22,23). The molecule has 0 saturated heterocycles. The SMILES string of the molecule is Cc1nc(C)c(C(C)N(C)C(=O)c2cc(C)c(OCC(=O)O)c(C)c2)s1. The third-order valence-corrected chi connectivity index (χ3v) is 5.51. The molecule has 7 heteroatoms. The van der Waals surface area contributed by atoms with Crippen LogP contribution in [0.2, 0.25) is 0 Å². The third kappa shape index (κ3) is 4.22. The third-order valence-electron chi connectivity index (χ3n) is 4.27. The minimum Gasteiger partial charge on any atom is -0.481 e. The highest BCUT2D eigenvalue weighted by atomic mass is 32.1. The molecule has 0 aliphatic carbocycles. The Hall–Kier alpha value is -2.41. The number of carbonyl (C=O) groups is 2. The Morgan fingerprint density at radius 1 is 1.23 bits per heavy atom. The van der Waals surface area contributed by atoms with E-state index in [4.69, 9.17) is 9.84 Å². The topological polar surface area (TPSA) is 79.7 Å². The Morgan fingerprint density at radius 3 is 2.27 bits per heavy atom. The molecule has 0 aliphatic heterocycles. The zero-order valence-corrected chi connectivity index (χ0v) is 16.7. The highest BCUT2D eigenvalue weighted by Gasteiger charge is 2.23. The van der Waals surface area contributed by atoms with Gasteiger partial charge in [-0.15, -0.1) is 11.3 Å². The molecule has 2 aromatic rings. The maximum atomic E-state index is 12.9. The molecule has 0 fully saturated rings. The first kappa shape index (κ1) is 19.9. The van der Waals surface area contributed by atoms with Gasteiger partial charge in [0, 0.05) is 17.5 Å². The number of carboxylic acid groups (broad SMARTS) is 1. The van der Waals surface area contributed by atoms with Gasteiger partial charge in [0.25, 0.3) is 5.91 Å². The van der Waals surface area contributed by atoms with Crippen LogP contribution in [0.3, 0.4) is 0 Å². The summed E-state index contributed by atoms with van der Waals surface area (Å²) in [5.74, 6) is -0.625. The van der Waals surface area contributed by atoms with E-state index in [0.29, 0.717) is 11.3 Å². The molecule has 1 aromatic heterocycles. The summed E-state index contributed by atoms with van der Waals surface area (Å²) in [4.78, 5) is 30.9. The summed E-state index contributed by atoms with van der Waals surface area (Å²) in [5.41, 5.74) is 2.97. The highest BCUT2D eigenvalue weighted by molar-refractivity contribution is 7.11. The van der Waals surface area contributed by atoms with Gasteiger partial charge >= 0.3 is 5.97 Å². The molecule has 140 valence electrons. The second-order valence-electron chi connectivity index (χ2n) is 6.40. The molecule has 0 bridgehead atoms. The van der Waals surface area contributed by atoms with Gasteiger partial charge < -0.3 is 14.7 Å². The fraction of sp³-hybridized carbons (Fsp3) is 0.421. The molecule has 2 rings (SSSR count). The number of rotatable bonds is 6. The van der Waals surface area contributed by atoms with E-state index >= 15 is 0 Å². The van der Waals surface area contributed by atoms with Crippen LogP contribution in [0, 0.1) is 27.7 Å². The van der Waals surface area contributed by atoms with Gasteiger partial charge in [0.1, 0.15) is 5.75 Å². The molecule has 1 aromatic carbocycles. The lowest BCUT2D eigenvalue weighted by Crippen LogP contribution is -2.29. The molecule has 1 N–H and O–H groups in total. The average Bonchev–Trinajstić information content (AvgIpc) is 2.89. The molecular weight excluding hydrogens is 352 g/mol. The number of thiazole rings is 1. The normalized spacial score (nSPS) is 11.9. The minimum atomic E-state index is -1.03. The van der Waals surface area contributed by atoms with Crippen molar-refractivity contribution in [1.29, 1.82) is 0 Å². The van der Waals surface area contributed by atoms with Gasteiger partial charge in [0.05, 0.1) is 16.7 Å². The number of hydrogen-bond donors (Lipinski definition) is 1. The monoisotopic (exact) mass is 376 g/mol. The quantitative estimate of drug-likeness (QED) is 0.832. The molecule has 26 heavy (non-hydrogen) atoms. The Balaban J connectivity index is 2.25. The van der Waals surface area contributed by atoms with E-state index in [-0.39, 0.29) is 11.9 Å². The van der Waals surface area contributed by atoms with Gasteiger partial charge in [0.15, 0.2) is 6.61 Å². The van der Waals surface area contributed by atoms with Crippen LogP contribution >= 0.6 is 11.3 Å². The smallest absolute Gasteiger partial charge is 0.341 e. The van der Waals surface area contributed by atoms with E-state index in [1.54, 1.807) is 49.3 Å². The van der Waals surface area contributed by atoms with Gasteiger partial charge in [-0.1, -0.05) is 0 Å². The zero-order valence-electron chi connectivity index (χ0n) is 15.9. The van der Waals surface area contributed by atoms with Crippen LogP contribution in [0.15, 0.2) is 12.1 Å². The molecule has 1 amide bonds. The molecule has 1 unspecified atom stereocenters. The number of hydrogen-bond acceptors (Lipinski definition) is 5. The van der Waals surface area contributed by atoms with E-state index in [9.17, 15) is 9.59 Å². The van der Waals surface area contributed by atoms with E-state index in [2.05, 4.69) is 4.98 Å². The van der Waals surface area contributed by atoms with Crippen LogP contribution < -0.4 is 4.74 Å². The van der Waals surface area contributed by atoms with Crippen LogP contribution in [0.5, 0.6) is 5.75 Å². The maximum absolute atomic E-state index is 12.9. The first-order valence-corrected chi connectivity index (χ1v) is 9.10. The van der Waals surface area contributed by atoms with Crippen LogP contribution in [0.4, 0.5) is 0 Å². The summed E-state index contributed by atoms with van der Waals surface area (Å²) in [5, 5.41) is 9.76. The van der Waals surface area contributed by atoms with Crippen LogP contribution in [-0.4, -0.2) is 40.5 Å². The maximum Gasteiger partial charge on any atom is 0.341 e. The van der Waals surface area contributed by atoms with E-state index in [1.807, 2.05) is 20.8 Å². The average molecular weight is 376 g/mol. The van der Waals surface area contributed by atoms with Crippen LogP contribution in [0.25, 0.3) is 0 Å². The van der Waals surface area contributed by atoms with Crippen molar-refractivity contribution < 1.29 is 19.4 Å². The lowest BCUT2D eigenvalue weighted by atomic mass is 10.0. The summed E-state index contributed by atoms with van der Waals surface area (Å²) < 4.78 is 5.33. The predicted molar refractivity (Wildman–Crippen MR) is 101 cm³/mol. The van der Waals surface area contributed by atoms with Crippen molar-refractivity contribution in [2.75, 3.05) is 13.7 Å². The highest BCUT2D eigenvalue weighted by Crippen LogP contribution is 2.30. The molecule has 0 spiro atoms. The van der Waals surface area contributed by atoms with Crippen molar-refractivity contribution >= 4 is 23.2 Å². The molecule has 0 saturated carbocycles. The second-order valence-corrected chi connectivity index (χ2v) is 7.63. The van der Waals surface area contributed by atoms with Crippen LogP contribution in [-0.2, 0) is 4.79 Å². The Labute approximate surface area is 157 Å². The van der Waals surface area contributed by atoms with E-state index in [0.717, 1.165) is 26.7 Å². The number of amides is 1. The van der Waals surface area contributed by atoms with Gasteiger partial charge in [-0.3, -0.25) is 4.79 Å². The fourth-order valence-corrected chi connectivity index (χ4v) is 3.95. The number of aryl methyl sites for hydroxylation is 4. The minimum absolute atomic E-state index is 0.0859. The van der Waals surface area contributed by atoms with Gasteiger partial charge in [-0.25, -0.2) is 9.78 Å². The molecule has 6 nitrogen and oxygen atoms in total. The summed E-state index contributed by atoms with van der Waals surface area (Å²) in [7, 11) is 1.78. The van der Waals surface area contributed by atoms with Crippen molar-refractivity contribution in [1.82, 2.24) is 9.88 Å². The van der Waals surface area contributed by atoms with Gasteiger partial charge in [0.2, 0.25) is 0 Å². The first-order valence-electron chi connectivity index (χ1n) is 8.28. The fourth-order valence-electron chi connectivity index (χ4n) is 2.93. The lowest BCUT2D eigenvalue weighted by molar-refractivity contribution is -0.139. The second kappa shape index (κ2) is 7.86. The Morgan fingerprint density at radius 2 is 1.81 bits per heavy atom. The van der Waals surface area contributed by atoms with Gasteiger partial charge in [-0.2, -0.15) is 0 Å². The predicted octanol–water partition coefficient (Wildman–Crippen LogP) is 3.67. The molecule has 0 radical (unpaired) electrons. The molecule has 0 aliphatic rings. The Kier molecular flexibility index (Phi) is 6.02. The molecular formula is C19H24N2O4S. The number of carboxylic acids is 1. The summed E-state index contributed by atoms with van der Waals surface area (Å²) in [6.45, 7) is 9.11. The summed E-state index contributed by atoms with van der Waals surface area (Å²) in [6, 6.07) is 3.39. The summed E-state index contributed by atoms with van der Waals surface area (Å²) >= 11 is 1.60. The van der Waals surface area contributed by atoms with Crippen molar-refractivity contribution in [2.24, 2.45) is 0 Å². The zero-order chi connectivity index (χ0) is 19.6. The Bertz CT molecular complexity index is 821. The van der Waals surface area contributed by atoms with Crippen LogP contribution in [0.1, 0.15) is 50.0 Å². The van der Waals surface area contributed by atoms with Gasteiger partial charge in [-0.05, 0) is 57.9 Å². The number of ether oxygens (including phenoxy) is 1. The number of aromatic nitrogens is 1. The van der Waals surface area contributed by atoms with E-state index < -0.39 is 12.6 Å².